The Bertz CT molecular complexity index is 378. The van der Waals surface area contributed by atoms with E-state index in [4.69, 9.17) is 4.74 Å². The lowest BCUT2D eigenvalue weighted by Gasteiger charge is -2.24. The van der Waals surface area contributed by atoms with Crippen LogP contribution in [-0.2, 0) is 4.74 Å². The molecule has 1 aliphatic heterocycles. The highest BCUT2D eigenvalue weighted by Crippen LogP contribution is 2.30. The van der Waals surface area contributed by atoms with Gasteiger partial charge in [0.25, 0.3) is 0 Å². The van der Waals surface area contributed by atoms with Crippen LogP contribution in [0, 0.1) is 5.92 Å². The molecule has 5 heteroatoms. The molecule has 0 bridgehead atoms. The monoisotopic (exact) mass is 271 g/mol. The Labute approximate surface area is 111 Å². The molecule has 1 saturated heterocycles. The van der Waals surface area contributed by atoms with Gasteiger partial charge < -0.3 is 14.8 Å². The second-order valence-electron chi connectivity index (χ2n) is 4.61. The Morgan fingerprint density at radius 2 is 2.11 bits per heavy atom. The Kier molecular flexibility index (Phi) is 5.10. The molecule has 1 aliphatic rings. The molecule has 19 heavy (non-hydrogen) atoms. The molecule has 2 unspecified atom stereocenters. The molecule has 106 valence electrons. The summed E-state index contributed by atoms with van der Waals surface area (Å²) >= 11 is 0. The molecule has 1 aromatic carbocycles. The van der Waals surface area contributed by atoms with Crippen molar-refractivity contribution >= 4 is 0 Å². The highest BCUT2D eigenvalue weighted by molar-refractivity contribution is 5.29. The summed E-state index contributed by atoms with van der Waals surface area (Å²) in [5, 5.41) is 3.43. The van der Waals surface area contributed by atoms with Crippen LogP contribution >= 0.6 is 0 Å². The van der Waals surface area contributed by atoms with Gasteiger partial charge in [-0.1, -0.05) is 19.1 Å². The van der Waals surface area contributed by atoms with E-state index in [0.717, 1.165) is 31.7 Å². The van der Waals surface area contributed by atoms with E-state index < -0.39 is 6.61 Å². The summed E-state index contributed by atoms with van der Waals surface area (Å²) in [4.78, 5) is 0. The first kappa shape index (κ1) is 14.2. The molecule has 1 aromatic rings. The van der Waals surface area contributed by atoms with E-state index in [1.165, 1.54) is 0 Å². The van der Waals surface area contributed by atoms with Gasteiger partial charge in [-0.3, -0.25) is 0 Å². The molecule has 3 nitrogen and oxygen atoms in total. The number of alkyl halides is 2. The van der Waals surface area contributed by atoms with Crippen LogP contribution in [0.3, 0.4) is 0 Å². The second kappa shape index (κ2) is 6.82. The molecule has 1 fully saturated rings. The van der Waals surface area contributed by atoms with Crippen molar-refractivity contribution in [2.24, 2.45) is 5.92 Å². The summed E-state index contributed by atoms with van der Waals surface area (Å²) in [6.45, 7) is 1.67. The van der Waals surface area contributed by atoms with Crippen LogP contribution in [0.4, 0.5) is 8.78 Å². The van der Waals surface area contributed by atoms with Crippen molar-refractivity contribution in [1.29, 1.82) is 0 Å². The van der Waals surface area contributed by atoms with E-state index in [-0.39, 0.29) is 11.8 Å². The van der Waals surface area contributed by atoms with Crippen molar-refractivity contribution in [3.05, 3.63) is 29.8 Å². The van der Waals surface area contributed by atoms with Crippen molar-refractivity contribution < 1.29 is 18.3 Å². The number of hydrogen-bond acceptors (Lipinski definition) is 3. The maximum atomic E-state index is 12.1. The van der Waals surface area contributed by atoms with Gasteiger partial charge in [-0.15, -0.1) is 0 Å². The number of benzene rings is 1. The Hall–Kier alpha value is -1.20. The van der Waals surface area contributed by atoms with Gasteiger partial charge in [-0.25, -0.2) is 0 Å². The molecule has 0 spiro atoms. The number of hydrogen-bond donors (Lipinski definition) is 1. The first-order chi connectivity index (χ1) is 9.20. The van der Waals surface area contributed by atoms with Crippen molar-refractivity contribution in [3.63, 3.8) is 0 Å². The second-order valence-corrected chi connectivity index (χ2v) is 4.61. The summed E-state index contributed by atoms with van der Waals surface area (Å²) in [5.74, 6) is 0.624. The lowest BCUT2D eigenvalue weighted by molar-refractivity contribution is -0.0498. The predicted octanol–water partition coefficient (Wildman–Crippen LogP) is 2.98. The van der Waals surface area contributed by atoms with Gasteiger partial charge in [-0.05, 0) is 30.7 Å². The molecule has 2 rings (SSSR count). The average Bonchev–Trinajstić information content (AvgIpc) is 2.90. The van der Waals surface area contributed by atoms with E-state index >= 15 is 0 Å². The topological polar surface area (TPSA) is 30.5 Å². The van der Waals surface area contributed by atoms with E-state index in [9.17, 15) is 8.78 Å². The van der Waals surface area contributed by atoms with E-state index in [1.54, 1.807) is 12.1 Å². The van der Waals surface area contributed by atoms with Gasteiger partial charge >= 0.3 is 6.61 Å². The third-order valence-corrected chi connectivity index (χ3v) is 3.32. The maximum Gasteiger partial charge on any atom is 0.387 e. The largest absolute Gasteiger partial charge is 0.435 e. The molecular weight excluding hydrogens is 252 g/mol. The lowest BCUT2D eigenvalue weighted by atomic mass is 9.92. The molecule has 0 saturated carbocycles. The minimum atomic E-state index is -2.78. The molecule has 2 atom stereocenters. The fourth-order valence-electron chi connectivity index (χ4n) is 2.45. The zero-order chi connectivity index (χ0) is 13.7. The van der Waals surface area contributed by atoms with Gasteiger partial charge in [-0.2, -0.15) is 8.78 Å². The number of halogens is 2. The van der Waals surface area contributed by atoms with Gasteiger partial charge in [0.2, 0.25) is 0 Å². The Morgan fingerprint density at radius 1 is 1.37 bits per heavy atom. The van der Waals surface area contributed by atoms with Crippen molar-refractivity contribution in [2.45, 2.75) is 26.0 Å². The normalized spacial score (nSPS) is 20.7. The van der Waals surface area contributed by atoms with Crippen LogP contribution < -0.4 is 10.1 Å². The predicted molar refractivity (Wildman–Crippen MR) is 68.4 cm³/mol. The van der Waals surface area contributed by atoms with E-state index in [1.807, 2.05) is 12.1 Å². The van der Waals surface area contributed by atoms with Crippen molar-refractivity contribution in [2.75, 3.05) is 19.8 Å². The quantitative estimate of drug-likeness (QED) is 0.863. The Morgan fingerprint density at radius 3 is 2.63 bits per heavy atom. The average molecular weight is 271 g/mol. The minimum absolute atomic E-state index is 0.191. The minimum Gasteiger partial charge on any atom is -0.435 e. The molecule has 1 heterocycles. The van der Waals surface area contributed by atoms with Crippen molar-refractivity contribution in [1.82, 2.24) is 5.32 Å². The first-order valence-corrected chi connectivity index (χ1v) is 6.56. The maximum absolute atomic E-state index is 12.1. The number of ether oxygens (including phenoxy) is 2. The molecule has 0 aromatic heterocycles. The fraction of sp³-hybridized carbons (Fsp3) is 0.571. The molecular formula is C14H19F2NO2. The van der Waals surface area contributed by atoms with Gasteiger partial charge in [0, 0.05) is 18.6 Å². The summed E-state index contributed by atoms with van der Waals surface area (Å²) in [6.07, 6.45) is 1.02. The molecule has 0 radical (unpaired) electrons. The SMILES string of the molecule is CCNC(c1ccc(OC(F)F)cc1)C1CCOC1. The summed E-state index contributed by atoms with van der Waals surface area (Å²) in [7, 11) is 0. The van der Waals surface area contributed by atoms with Crippen LogP contribution in [0.15, 0.2) is 24.3 Å². The third kappa shape index (κ3) is 3.88. The van der Waals surface area contributed by atoms with Crippen molar-refractivity contribution in [3.8, 4) is 5.75 Å². The van der Waals surface area contributed by atoms with Gasteiger partial charge in [0.05, 0.1) is 6.61 Å². The Balaban J connectivity index is 2.08. The highest BCUT2D eigenvalue weighted by Gasteiger charge is 2.26. The van der Waals surface area contributed by atoms with Crippen LogP contribution in [-0.4, -0.2) is 26.4 Å². The lowest BCUT2D eigenvalue weighted by Crippen LogP contribution is -2.28. The van der Waals surface area contributed by atoms with Gasteiger partial charge in [0.15, 0.2) is 0 Å². The van der Waals surface area contributed by atoms with Crippen LogP contribution in [0.5, 0.6) is 5.75 Å². The summed E-state index contributed by atoms with van der Waals surface area (Å²) in [5.41, 5.74) is 1.08. The highest BCUT2D eigenvalue weighted by atomic mass is 19.3. The fourth-order valence-corrected chi connectivity index (χ4v) is 2.45. The zero-order valence-electron chi connectivity index (χ0n) is 10.9. The van der Waals surface area contributed by atoms with Crippen LogP contribution in [0.2, 0.25) is 0 Å². The summed E-state index contributed by atoms with van der Waals surface area (Å²) in [6, 6.07) is 7.05. The summed E-state index contributed by atoms with van der Waals surface area (Å²) < 4.78 is 34.0. The van der Waals surface area contributed by atoms with E-state index in [0.29, 0.717) is 5.92 Å². The van der Waals surface area contributed by atoms with Gasteiger partial charge in [0.1, 0.15) is 5.75 Å². The molecule has 0 amide bonds. The smallest absolute Gasteiger partial charge is 0.387 e. The standard InChI is InChI=1S/C14H19F2NO2/c1-2-17-13(11-7-8-18-9-11)10-3-5-12(6-4-10)19-14(15)16/h3-6,11,13-14,17H,2,7-9H2,1H3. The van der Waals surface area contributed by atoms with Crippen LogP contribution in [0.25, 0.3) is 0 Å². The third-order valence-electron chi connectivity index (χ3n) is 3.32. The first-order valence-electron chi connectivity index (χ1n) is 6.56. The van der Waals surface area contributed by atoms with Crippen LogP contribution in [0.1, 0.15) is 24.9 Å². The molecule has 1 N–H and O–H groups in total. The molecule has 0 aliphatic carbocycles. The van der Waals surface area contributed by atoms with E-state index in [2.05, 4.69) is 17.0 Å². The number of nitrogens with one attached hydrogen (secondary N) is 1. The zero-order valence-corrected chi connectivity index (χ0v) is 10.9. The number of rotatable bonds is 6.